The summed E-state index contributed by atoms with van der Waals surface area (Å²) in [5.74, 6) is 0.361. The van der Waals surface area contributed by atoms with Crippen molar-refractivity contribution in [3.8, 4) is 0 Å². The lowest BCUT2D eigenvalue weighted by Gasteiger charge is -2.18. The van der Waals surface area contributed by atoms with Gasteiger partial charge in [-0.2, -0.15) is 4.80 Å². The van der Waals surface area contributed by atoms with E-state index in [9.17, 15) is 4.39 Å². The van der Waals surface area contributed by atoms with Crippen molar-refractivity contribution in [2.24, 2.45) is 7.05 Å². The molecule has 0 radical (unpaired) electrons. The monoisotopic (exact) mass is 341 g/mol. The van der Waals surface area contributed by atoms with Gasteiger partial charge in [0.05, 0.1) is 7.05 Å². The molecule has 20 heavy (non-hydrogen) atoms. The molecule has 1 atom stereocenters. The maximum absolute atomic E-state index is 14.1. The van der Waals surface area contributed by atoms with E-state index in [0.29, 0.717) is 17.8 Å². The molecule has 0 fully saturated rings. The maximum atomic E-state index is 14.1. The molecule has 1 unspecified atom stereocenters. The van der Waals surface area contributed by atoms with Gasteiger partial charge in [0.15, 0.2) is 5.82 Å². The SMILES string of the molecule is CCCNC(Cc1nnn(C)n1)c1ccc(Br)cc1F. The van der Waals surface area contributed by atoms with Crippen LogP contribution in [0.2, 0.25) is 0 Å². The first-order chi connectivity index (χ1) is 9.60. The van der Waals surface area contributed by atoms with Crippen LogP contribution in [0.1, 0.15) is 30.8 Å². The van der Waals surface area contributed by atoms with Gasteiger partial charge in [-0.1, -0.05) is 28.9 Å². The lowest BCUT2D eigenvalue weighted by Crippen LogP contribution is -2.25. The van der Waals surface area contributed by atoms with E-state index in [0.717, 1.165) is 17.4 Å². The predicted octanol–water partition coefficient (Wildman–Crippen LogP) is 2.40. The third kappa shape index (κ3) is 3.83. The van der Waals surface area contributed by atoms with Crippen molar-refractivity contribution in [1.82, 2.24) is 25.5 Å². The highest BCUT2D eigenvalue weighted by molar-refractivity contribution is 9.10. The highest BCUT2D eigenvalue weighted by Gasteiger charge is 2.18. The van der Waals surface area contributed by atoms with Crippen molar-refractivity contribution in [3.05, 3.63) is 39.9 Å². The lowest BCUT2D eigenvalue weighted by atomic mass is 10.0. The second kappa shape index (κ2) is 6.90. The van der Waals surface area contributed by atoms with Gasteiger partial charge < -0.3 is 5.32 Å². The summed E-state index contributed by atoms with van der Waals surface area (Å²) in [6.45, 7) is 2.88. The quantitative estimate of drug-likeness (QED) is 0.876. The zero-order chi connectivity index (χ0) is 14.5. The first-order valence-corrected chi connectivity index (χ1v) is 7.30. The minimum atomic E-state index is -0.239. The third-order valence-corrected chi connectivity index (χ3v) is 3.41. The number of aryl methyl sites for hydroxylation is 1. The fraction of sp³-hybridized carbons (Fsp3) is 0.462. The third-order valence-electron chi connectivity index (χ3n) is 2.92. The Balaban J connectivity index is 2.22. The second-order valence-electron chi connectivity index (χ2n) is 4.57. The van der Waals surface area contributed by atoms with E-state index in [4.69, 9.17) is 0 Å². The van der Waals surface area contributed by atoms with Crippen LogP contribution in [-0.2, 0) is 13.5 Å². The van der Waals surface area contributed by atoms with Crippen LogP contribution >= 0.6 is 15.9 Å². The first kappa shape index (κ1) is 15.1. The Morgan fingerprint density at radius 2 is 2.25 bits per heavy atom. The molecule has 0 bridgehead atoms. The molecule has 0 aliphatic rings. The smallest absolute Gasteiger partial charge is 0.176 e. The molecule has 1 N–H and O–H groups in total. The molecular formula is C13H17BrFN5. The van der Waals surface area contributed by atoms with Crippen LogP contribution in [0.5, 0.6) is 0 Å². The zero-order valence-corrected chi connectivity index (χ0v) is 13.1. The minimum absolute atomic E-state index is 0.160. The standard InChI is InChI=1S/C13H17BrFN5/c1-3-6-16-12(8-13-17-19-20(2)18-13)10-5-4-9(14)7-11(10)15/h4-5,7,12,16H,3,6,8H2,1-2H3. The number of benzene rings is 1. The van der Waals surface area contributed by atoms with Gasteiger partial charge in [-0.15, -0.1) is 10.2 Å². The number of tetrazole rings is 1. The van der Waals surface area contributed by atoms with Crippen LogP contribution in [0.25, 0.3) is 0 Å². The number of hydrogen-bond donors (Lipinski definition) is 1. The average molecular weight is 342 g/mol. The maximum Gasteiger partial charge on any atom is 0.176 e. The fourth-order valence-corrected chi connectivity index (χ4v) is 2.32. The molecule has 0 spiro atoms. The molecule has 0 saturated carbocycles. The summed E-state index contributed by atoms with van der Waals surface area (Å²) in [5.41, 5.74) is 0.620. The van der Waals surface area contributed by atoms with Crippen LogP contribution in [-0.4, -0.2) is 26.8 Å². The highest BCUT2D eigenvalue weighted by atomic mass is 79.9. The van der Waals surface area contributed by atoms with E-state index < -0.39 is 0 Å². The lowest BCUT2D eigenvalue weighted by molar-refractivity contribution is 0.488. The zero-order valence-electron chi connectivity index (χ0n) is 11.5. The molecule has 2 aromatic rings. The number of halogens is 2. The van der Waals surface area contributed by atoms with Crippen molar-refractivity contribution >= 4 is 15.9 Å². The van der Waals surface area contributed by atoms with Crippen molar-refractivity contribution in [3.63, 3.8) is 0 Å². The van der Waals surface area contributed by atoms with Gasteiger partial charge in [0, 0.05) is 22.5 Å². The van der Waals surface area contributed by atoms with E-state index in [1.165, 1.54) is 10.9 Å². The number of nitrogens with zero attached hydrogens (tertiary/aromatic N) is 4. The largest absolute Gasteiger partial charge is 0.309 e. The molecule has 2 rings (SSSR count). The number of nitrogens with one attached hydrogen (secondary N) is 1. The molecule has 1 heterocycles. The predicted molar refractivity (Wildman–Crippen MR) is 77.6 cm³/mol. The number of rotatable bonds is 6. The highest BCUT2D eigenvalue weighted by Crippen LogP contribution is 2.23. The van der Waals surface area contributed by atoms with E-state index >= 15 is 0 Å². The van der Waals surface area contributed by atoms with Crippen LogP contribution < -0.4 is 5.32 Å². The van der Waals surface area contributed by atoms with Gasteiger partial charge in [-0.05, 0) is 30.3 Å². The van der Waals surface area contributed by atoms with Crippen LogP contribution in [0.3, 0.4) is 0 Å². The van der Waals surface area contributed by atoms with E-state index in [2.05, 4.69) is 43.6 Å². The van der Waals surface area contributed by atoms with Gasteiger partial charge in [-0.25, -0.2) is 4.39 Å². The van der Waals surface area contributed by atoms with Crippen molar-refractivity contribution in [2.45, 2.75) is 25.8 Å². The van der Waals surface area contributed by atoms with Crippen LogP contribution in [0.15, 0.2) is 22.7 Å². The molecule has 108 valence electrons. The summed E-state index contributed by atoms with van der Waals surface area (Å²) in [6, 6.07) is 4.93. The summed E-state index contributed by atoms with van der Waals surface area (Å²) in [6.07, 6.45) is 1.48. The first-order valence-electron chi connectivity index (χ1n) is 6.51. The van der Waals surface area contributed by atoms with E-state index in [1.807, 2.05) is 6.07 Å². The number of aromatic nitrogens is 4. The summed E-state index contributed by atoms with van der Waals surface area (Å²) < 4.78 is 14.8. The van der Waals surface area contributed by atoms with Gasteiger partial charge in [0.25, 0.3) is 0 Å². The summed E-state index contributed by atoms with van der Waals surface area (Å²) in [5, 5.41) is 15.3. The van der Waals surface area contributed by atoms with E-state index in [1.54, 1.807) is 13.1 Å². The summed E-state index contributed by atoms with van der Waals surface area (Å²) in [7, 11) is 1.71. The Morgan fingerprint density at radius 1 is 1.45 bits per heavy atom. The Morgan fingerprint density at radius 3 is 2.85 bits per heavy atom. The van der Waals surface area contributed by atoms with Crippen LogP contribution in [0, 0.1) is 5.82 Å². The number of hydrogen-bond acceptors (Lipinski definition) is 4. The summed E-state index contributed by atoms with van der Waals surface area (Å²) >= 11 is 3.27. The molecule has 0 amide bonds. The van der Waals surface area contributed by atoms with Crippen molar-refractivity contribution in [1.29, 1.82) is 0 Å². The average Bonchev–Trinajstić information content (AvgIpc) is 2.80. The molecule has 7 heteroatoms. The van der Waals surface area contributed by atoms with Crippen LogP contribution in [0.4, 0.5) is 4.39 Å². The molecular weight excluding hydrogens is 325 g/mol. The molecule has 0 aliphatic heterocycles. The Labute approximate surface area is 125 Å². The minimum Gasteiger partial charge on any atom is -0.309 e. The van der Waals surface area contributed by atoms with Crippen molar-refractivity contribution in [2.75, 3.05) is 6.54 Å². The molecule has 1 aromatic carbocycles. The molecule has 5 nitrogen and oxygen atoms in total. The summed E-state index contributed by atoms with van der Waals surface area (Å²) in [4.78, 5) is 1.41. The normalized spacial score (nSPS) is 12.6. The molecule has 0 saturated heterocycles. The van der Waals surface area contributed by atoms with Gasteiger partial charge in [0.2, 0.25) is 0 Å². The Kier molecular flexibility index (Phi) is 5.19. The Hall–Kier alpha value is -1.34. The van der Waals surface area contributed by atoms with E-state index in [-0.39, 0.29) is 11.9 Å². The van der Waals surface area contributed by atoms with Gasteiger partial charge in [-0.3, -0.25) is 0 Å². The molecule has 0 aliphatic carbocycles. The fourth-order valence-electron chi connectivity index (χ4n) is 1.98. The Bertz CT molecular complexity index is 572. The topological polar surface area (TPSA) is 55.6 Å². The molecule has 1 aromatic heterocycles. The van der Waals surface area contributed by atoms with Gasteiger partial charge >= 0.3 is 0 Å². The second-order valence-corrected chi connectivity index (χ2v) is 5.49. The van der Waals surface area contributed by atoms with Crippen molar-refractivity contribution < 1.29 is 4.39 Å². The van der Waals surface area contributed by atoms with Gasteiger partial charge in [0.1, 0.15) is 5.82 Å².